The summed E-state index contributed by atoms with van der Waals surface area (Å²) in [4.78, 5) is 34.7. The zero-order valence-electron chi connectivity index (χ0n) is 16.2. The van der Waals surface area contributed by atoms with Gasteiger partial charge < -0.3 is 4.90 Å². The van der Waals surface area contributed by atoms with Crippen LogP contribution in [0.25, 0.3) is 5.69 Å². The molecule has 3 aliphatic heterocycles. The average molecular weight is 380 g/mol. The fraction of sp³-hybridized carbons (Fsp3) is 0.500. The number of hydrogen-bond donors (Lipinski definition) is 0. The summed E-state index contributed by atoms with van der Waals surface area (Å²) in [5.41, 5.74) is 1.43. The second kappa shape index (κ2) is 6.32. The highest BCUT2D eigenvalue weighted by atomic mass is 16.2. The van der Waals surface area contributed by atoms with Crippen molar-refractivity contribution in [2.75, 3.05) is 18.0 Å². The van der Waals surface area contributed by atoms with Gasteiger partial charge in [-0.2, -0.15) is 0 Å². The Bertz CT molecular complexity index is 1030. The van der Waals surface area contributed by atoms with Crippen molar-refractivity contribution < 1.29 is 4.79 Å². The van der Waals surface area contributed by atoms with Crippen molar-refractivity contribution in [3.63, 3.8) is 0 Å². The first-order valence-corrected chi connectivity index (χ1v) is 9.99. The number of amides is 1. The lowest BCUT2D eigenvalue weighted by Crippen LogP contribution is -2.49. The summed E-state index contributed by atoms with van der Waals surface area (Å²) in [5, 5.41) is 4.54. The molecule has 2 unspecified atom stereocenters. The predicted molar refractivity (Wildman–Crippen MR) is 106 cm³/mol. The van der Waals surface area contributed by atoms with Gasteiger partial charge in [0.15, 0.2) is 0 Å². The molecule has 8 nitrogen and oxygen atoms in total. The number of nitrogens with zero attached hydrogens (tertiary/aromatic N) is 6. The van der Waals surface area contributed by atoms with Gasteiger partial charge in [-0.3, -0.25) is 14.7 Å². The number of fused-ring (bicyclic) bond motifs is 6. The van der Waals surface area contributed by atoms with Gasteiger partial charge in [-0.15, -0.1) is 5.10 Å². The van der Waals surface area contributed by atoms with Crippen LogP contribution in [0.3, 0.4) is 0 Å². The molecular weight excluding hydrogens is 356 g/mol. The quantitative estimate of drug-likeness (QED) is 0.789. The Balaban J connectivity index is 1.54. The molecule has 5 rings (SSSR count). The van der Waals surface area contributed by atoms with Crippen molar-refractivity contribution in [1.82, 2.24) is 19.2 Å². The Morgan fingerprint density at radius 3 is 2.71 bits per heavy atom. The zero-order valence-corrected chi connectivity index (χ0v) is 16.2. The van der Waals surface area contributed by atoms with Gasteiger partial charge in [0.25, 0.3) is 0 Å². The van der Waals surface area contributed by atoms with Crippen LogP contribution in [0.4, 0.5) is 5.95 Å². The maximum atomic E-state index is 13.2. The summed E-state index contributed by atoms with van der Waals surface area (Å²) in [5.74, 6) is 1.36. The molecule has 1 aromatic heterocycles. The first-order chi connectivity index (χ1) is 13.6. The van der Waals surface area contributed by atoms with Crippen LogP contribution >= 0.6 is 0 Å². The predicted octanol–water partition coefficient (Wildman–Crippen LogP) is 1.40. The van der Waals surface area contributed by atoms with Crippen molar-refractivity contribution in [3.05, 3.63) is 40.3 Å². The number of rotatable bonds is 2. The van der Waals surface area contributed by atoms with Crippen LogP contribution in [-0.4, -0.2) is 56.2 Å². The van der Waals surface area contributed by atoms with Crippen molar-refractivity contribution in [2.24, 2.45) is 4.99 Å². The minimum absolute atomic E-state index is 0.0317. The van der Waals surface area contributed by atoms with E-state index < -0.39 is 0 Å². The number of carbonyl (C=O) groups excluding carboxylic acids is 1. The van der Waals surface area contributed by atoms with Crippen molar-refractivity contribution >= 4 is 17.7 Å². The molecular formula is C20H24N6O2. The van der Waals surface area contributed by atoms with E-state index in [1.807, 2.05) is 34.1 Å². The number of benzene rings is 1. The molecule has 0 spiro atoms. The minimum atomic E-state index is -0.279. The summed E-state index contributed by atoms with van der Waals surface area (Å²) in [6.45, 7) is 5.49. The molecule has 3 aliphatic rings. The van der Waals surface area contributed by atoms with E-state index in [4.69, 9.17) is 0 Å². The van der Waals surface area contributed by atoms with Gasteiger partial charge in [0.2, 0.25) is 11.9 Å². The molecule has 1 aromatic carbocycles. The third kappa shape index (κ3) is 2.43. The number of amidine groups is 1. The molecule has 28 heavy (non-hydrogen) atoms. The lowest BCUT2D eigenvalue weighted by Gasteiger charge is -2.39. The van der Waals surface area contributed by atoms with Gasteiger partial charge in [-0.1, -0.05) is 12.1 Å². The second-order valence-electron chi connectivity index (χ2n) is 7.88. The SMILES string of the molecule is CC1CCCC(C)N1C(=O)Cn1nc2n(c1=O)-c1ccccc1C1=NCCN12. The van der Waals surface area contributed by atoms with Gasteiger partial charge in [0.1, 0.15) is 12.4 Å². The number of carbonyl (C=O) groups is 1. The number of para-hydroxylation sites is 1. The van der Waals surface area contributed by atoms with Crippen LogP contribution in [0, 0.1) is 0 Å². The van der Waals surface area contributed by atoms with E-state index in [2.05, 4.69) is 23.9 Å². The Labute approximate surface area is 163 Å². The molecule has 8 heteroatoms. The van der Waals surface area contributed by atoms with Crippen LogP contribution in [0.2, 0.25) is 0 Å². The number of hydrogen-bond acceptors (Lipinski definition) is 5. The smallest absolute Gasteiger partial charge is 0.336 e. The summed E-state index contributed by atoms with van der Waals surface area (Å²) < 4.78 is 2.92. The number of anilines is 1. The van der Waals surface area contributed by atoms with Crippen LogP contribution in [0.5, 0.6) is 0 Å². The molecule has 0 bridgehead atoms. The van der Waals surface area contributed by atoms with Gasteiger partial charge >= 0.3 is 5.69 Å². The summed E-state index contributed by atoms with van der Waals surface area (Å²) in [7, 11) is 0. The van der Waals surface area contributed by atoms with E-state index in [0.717, 1.165) is 36.3 Å². The van der Waals surface area contributed by atoms with Crippen LogP contribution in [0.15, 0.2) is 34.1 Å². The van der Waals surface area contributed by atoms with Crippen LogP contribution < -0.4 is 10.6 Å². The van der Waals surface area contributed by atoms with Crippen molar-refractivity contribution in [3.8, 4) is 5.69 Å². The van der Waals surface area contributed by atoms with E-state index in [1.54, 1.807) is 4.57 Å². The van der Waals surface area contributed by atoms with E-state index in [-0.39, 0.29) is 30.2 Å². The standard InChI is InChI=1S/C20H24N6O2/c1-13-6-5-7-14(2)25(13)17(27)12-24-20(28)26-16-9-4-3-8-15(16)18-21-10-11-23(18)19(26)22-24/h3-4,8-9,13-14H,5-7,10-12H2,1-2H3. The third-order valence-corrected chi connectivity index (χ3v) is 6.06. The normalized spacial score (nSPS) is 23.1. The Morgan fingerprint density at radius 2 is 1.93 bits per heavy atom. The molecule has 0 saturated carbocycles. The largest absolute Gasteiger partial charge is 0.352 e. The monoisotopic (exact) mass is 380 g/mol. The molecule has 2 atom stereocenters. The number of piperidine rings is 1. The fourth-order valence-electron chi connectivity index (χ4n) is 4.74. The highest BCUT2D eigenvalue weighted by Gasteiger charge is 2.35. The second-order valence-corrected chi connectivity index (χ2v) is 7.88. The molecule has 0 radical (unpaired) electrons. The molecule has 1 fully saturated rings. The van der Waals surface area contributed by atoms with Gasteiger partial charge in [-0.25, -0.2) is 14.0 Å². The first kappa shape index (κ1) is 17.2. The van der Waals surface area contributed by atoms with Gasteiger partial charge in [0.05, 0.1) is 12.2 Å². The highest BCUT2D eigenvalue weighted by Crippen LogP contribution is 2.30. The van der Waals surface area contributed by atoms with E-state index >= 15 is 0 Å². The Hall–Kier alpha value is -2.90. The number of likely N-dealkylation sites (tertiary alicyclic amines) is 1. The Morgan fingerprint density at radius 1 is 1.18 bits per heavy atom. The summed E-state index contributed by atoms with van der Waals surface area (Å²) in [6, 6.07) is 8.12. The van der Waals surface area contributed by atoms with E-state index in [9.17, 15) is 9.59 Å². The lowest BCUT2D eigenvalue weighted by atomic mass is 9.97. The van der Waals surface area contributed by atoms with Crippen molar-refractivity contribution in [2.45, 2.75) is 51.7 Å². The van der Waals surface area contributed by atoms with Crippen molar-refractivity contribution in [1.29, 1.82) is 0 Å². The highest BCUT2D eigenvalue weighted by molar-refractivity contribution is 6.14. The average Bonchev–Trinajstić information content (AvgIpc) is 3.28. The number of aliphatic imine (C=N–C) groups is 1. The van der Waals surface area contributed by atoms with Gasteiger partial charge in [0, 0.05) is 24.2 Å². The topological polar surface area (TPSA) is 75.7 Å². The summed E-state index contributed by atoms with van der Waals surface area (Å²) in [6.07, 6.45) is 3.15. The first-order valence-electron chi connectivity index (χ1n) is 9.99. The van der Waals surface area contributed by atoms with E-state index in [0.29, 0.717) is 19.0 Å². The molecule has 1 amide bonds. The van der Waals surface area contributed by atoms with Gasteiger partial charge in [-0.05, 0) is 45.2 Å². The third-order valence-electron chi connectivity index (χ3n) is 6.06. The molecule has 1 saturated heterocycles. The molecule has 146 valence electrons. The van der Waals surface area contributed by atoms with Crippen LogP contribution in [-0.2, 0) is 11.3 Å². The maximum Gasteiger partial charge on any atom is 0.352 e. The Kier molecular flexibility index (Phi) is 3.89. The van der Waals surface area contributed by atoms with Crippen LogP contribution in [0.1, 0.15) is 38.7 Å². The van der Waals surface area contributed by atoms with E-state index in [1.165, 1.54) is 4.68 Å². The maximum absolute atomic E-state index is 13.2. The molecule has 0 N–H and O–H groups in total. The molecule has 0 aliphatic carbocycles. The summed E-state index contributed by atoms with van der Waals surface area (Å²) >= 11 is 0. The minimum Gasteiger partial charge on any atom is -0.336 e. The molecule has 4 heterocycles. The fourth-order valence-corrected chi connectivity index (χ4v) is 4.74. The zero-order chi connectivity index (χ0) is 19.4. The molecule has 2 aromatic rings. The lowest BCUT2D eigenvalue weighted by molar-refractivity contribution is -0.138. The number of aromatic nitrogens is 3.